The van der Waals surface area contributed by atoms with Gasteiger partial charge in [-0.1, -0.05) is 80.3 Å². The molecule has 0 spiro atoms. The Kier molecular flexibility index (Phi) is 2.58. The second kappa shape index (κ2) is 4.01. The second-order valence-electron chi connectivity index (χ2n) is 5.95. The van der Waals surface area contributed by atoms with Gasteiger partial charge in [-0.3, -0.25) is 0 Å². The first-order valence-corrected chi connectivity index (χ1v) is 6.64. The summed E-state index contributed by atoms with van der Waals surface area (Å²) < 4.78 is 0. The van der Waals surface area contributed by atoms with Crippen LogP contribution in [0.1, 0.15) is 20.8 Å². The molecule has 0 amide bonds. The molecule has 89 valence electrons. The molecule has 0 nitrogen and oxygen atoms in total. The van der Waals surface area contributed by atoms with E-state index in [0.29, 0.717) is 5.92 Å². The van der Waals surface area contributed by atoms with Crippen LogP contribution in [-0.2, 0) is 0 Å². The Balaban J connectivity index is 2.04. The number of fused-ring (bicyclic) bond motifs is 1. The molecule has 0 saturated heterocycles. The zero-order valence-corrected chi connectivity index (χ0v) is 11.3. The molecule has 2 aliphatic carbocycles. The van der Waals surface area contributed by atoms with Crippen molar-refractivity contribution in [2.75, 3.05) is 0 Å². The van der Waals surface area contributed by atoms with Gasteiger partial charge in [0.05, 0.1) is 0 Å². The molecule has 1 radical (unpaired) electrons. The van der Waals surface area contributed by atoms with Crippen molar-refractivity contribution in [2.24, 2.45) is 11.3 Å². The van der Waals surface area contributed by atoms with Gasteiger partial charge in [0, 0.05) is 5.41 Å². The zero-order chi connectivity index (χ0) is 12.8. The first-order valence-electron chi connectivity index (χ1n) is 6.64. The van der Waals surface area contributed by atoms with Gasteiger partial charge < -0.3 is 0 Å². The Bertz CT molecular complexity index is 562. The van der Waals surface area contributed by atoms with Crippen molar-refractivity contribution in [3.63, 3.8) is 0 Å². The van der Waals surface area contributed by atoms with Crippen molar-refractivity contribution in [2.45, 2.75) is 20.8 Å². The first-order chi connectivity index (χ1) is 8.55. The fourth-order valence-corrected chi connectivity index (χ4v) is 2.51. The highest BCUT2D eigenvalue weighted by molar-refractivity contribution is 6.58. The predicted octanol–water partition coefficient (Wildman–Crippen LogP) is 4.13. The second-order valence-corrected chi connectivity index (χ2v) is 5.95. The molecule has 0 bridgehead atoms. The molecular weight excluding hydrogens is 215 g/mol. The van der Waals surface area contributed by atoms with Gasteiger partial charge >= 0.3 is 0 Å². The lowest BCUT2D eigenvalue weighted by Crippen LogP contribution is -2.01. The Labute approximate surface area is 110 Å². The molecular formula is C17H18B. The third kappa shape index (κ3) is 1.99. The van der Waals surface area contributed by atoms with Crippen LogP contribution in [0.3, 0.4) is 0 Å². The fraction of sp³-hybridized carbons (Fsp3) is 0.294. The van der Waals surface area contributed by atoms with Crippen molar-refractivity contribution < 1.29 is 0 Å². The molecule has 1 atom stereocenters. The van der Waals surface area contributed by atoms with Crippen LogP contribution < -0.4 is 0 Å². The molecule has 0 aromatic carbocycles. The van der Waals surface area contributed by atoms with Crippen LogP contribution in [0.4, 0.5) is 0 Å². The van der Waals surface area contributed by atoms with Gasteiger partial charge in [-0.15, -0.1) is 0 Å². The molecule has 0 N–H and O–H groups in total. The Morgan fingerprint density at radius 1 is 0.889 bits per heavy atom. The van der Waals surface area contributed by atoms with Crippen LogP contribution in [0.5, 0.6) is 0 Å². The molecule has 18 heavy (non-hydrogen) atoms. The quantitative estimate of drug-likeness (QED) is 0.552. The van der Waals surface area contributed by atoms with Crippen LogP contribution in [0, 0.1) is 11.3 Å². The molecule has 0 aromatic rings. The minimum atomic E-state index is 0.149. The summed E-state index contributed by atoms with van der Waals surface area (Å²) in [6.07, 6.45) is 18.2. The van der Waals surface area contributed by atoms with Crippen LogP contribution in [-0.4, -0.2) is 7.28 Å². The molecule has 1 heterocycles. The maximum atomic E-state index is 2.30. The summed E-state index contributed by atoms with van der Waals surface area (Å²) in [6.45, 7) is 6.70. The van der Waals surface area contributed by atoms with Gasteiger partial charge in [0.15, 0.2) is 7.28 Å². The SMILES string of the molecule is C[C@H]1C=CC2=C(C=C1)C1=C([B]2)C=CC(C)(C)C=C1. The molecule has 0 aromatic heterocycles. The normalized spacial score (nSPS) is 27.8. The molecule has 0 fully saturated rings. The van der Waals surface area contributed by atoms with Crippen molar-refractivity contribution >= 4 is 7.28 Å². The number of allylic oxidation sites excluding steroid dienone is 12. The van der Waals surface area contributed by atoms with Gasteiger partial charge in [0.1, 0.15) is 0 Å². The summed E-state index contributed by atoms with van der Waals surface area (Å²) in [6, 6.07) is 0. The van der Waals surface area contributed by atoms with Gasteiger partial charge in [0.25, 0.3) is 0 Å². The Hall–Kier alpha value is -1.50. The van der Waals surface area contributed by atoms with E-state index < -0.39 is 0 Å². The Morgan fingerprint density at radius 2 is 1.50 bits per heavy atom. The topological polar surface area (TPSA) is 0 Å². The predicted molar refractivity (Wildman–Crippen MR) is 79.3 cm³/mol. The summed E-state index contributed by atoms with van der Waals surface area (Å²) in [5.41, 5.74) is 5.56. The van der Waals surface area contributed by atoms with Gasteiger partial charge in [0.2, 0.25) is 0 Å². The first kappa shape index (κ1) is 11.6. The highest BCUT2D eigenvalue weighted by Gasteiger charge is 2.23. The third-order valence-corrected chi connectivity index (χ3v) is 3.74. The highest BCUT2D eigenvalue weighted by atomic mass is 14.2. The van der Waals surface area contributed by atoms with E-state index in [9.17, 15) is 0 Å². The van der Waals surface area contributed by atoms with Crippen LogP contribution in [0.2, 0.25) is 0 Å². The van der Waals surface area contributed by atoms with E-state index in [0.717, 1.165) is 0 Å². The maximum absolute atomic E-state index is 2.30. The largest absolute Gasteiger partial charge is 0.193 e. The van der Waals surface area contributed by atoms with Crippen molar-refractivity contribution in [3.05, 3.63) is 70.7 Å². The van der Waals surface area contributed by atoms with Crippen LogP contribution in [0.25, 0.3) is 0 Å². The van der Waals surface area contributed by atoms with E-state index in [2.05, 4.69) is 76.7 Å². The minimum Gasteiger partial charge on any atom is -0.0784 e. The molecule has 0 unspecified atom stereocenters. The van der Waals surface area contributed by atoms with E-state index in [4.69, 9.17) is 0 Å². The van der Waals surface area contributed by atoms with Gasteiger partial charge in [-0.2, -0.15) is 0 Å². The smallest absolute Gasteiger partial charge is 0.0784 e. The summed E-state index contributed by atoms with van der Waals surface area (Å²) in [7, 11) is 2.30. The van der Waals surface area contributed by atoms with Crippen LogP contribution >= 0.6 is 0 Å². The highest BCUT2D eigenvalue weighted by Crippen LogP contribution is 2.36. The monoisotopic (exact) mass is 233 g/mol. The number of hydrogen-bond acceptors (Lipinski definition) is 0. The third-order valence-electron chi connectivity index (χ3n) is 3.74. The van der Waals surface area contributed by atoms with Crippen LogP contribution in [0.15, 0.2) is 70.7 Å². The van der Waals surface area contributed by atoms with Crippen molar-refractivity contribution in [1.29, 1.82) is 0 Å². The summed E-state index contributed by atoms with van der Waals surface area (Å²) in [5, 5.41) is 0. The van der Waals surface area contributed by atoms with Crippen molar-refractivity contribution in [1.82, 2.24) is 0 Å². The Morgan fingerprint density at radius 3 is 2.33 bits per heavy atom. The lowest BCUT2D eigenvalue weighted by molar-refractivity contribution is 0.627. The fourth-order valence-electron chi connectivity index (χ4n) is 2.51. The van der Waals surface area contributed by atoms with E-state index in [1.165, 1.54) is 22.1 Å². The summed E-state index contributed by atoms with van der Waals surface area (Å²) in [5.74, 6) is 0.523. The van der Waals surface area contributed by atoms with Gasteiger partial charge in [-0.25, -0.2) is 0 Å². The molecule has 1 heteroatoms. The number of hydrogen-bond donors (Lipinski definition) is 0. The average Bonchev–Trinajstić information content (AvgIpc) is 2.45. The summed E-state index contributed by atoms with van der Waals surface area (Å²) in [4.78, 5) is 0. The standard InChI is InChI=1S/C17H18B/c1-12-4-6-13-14-8-10-17(2,3)11-9-16(14)18-15(13)7-5-12/h4-12H,1-3H3/t12-/m1/s1. The maximum Gasteiger partial charge on any atom is 0.193 e. The molecule has 1 aliphatic heterocycles. The molecule has 3 rings (SSSR count). The van der Waals surface area contributed by atoms with Gasteiger partial charge in [-0.05, 0) is 17.1 Å². The van der Waals surface area contributed by atoms with Crippen molar-refractivity contribution in [3.8, 4) is 0 Å². The van der Waals surface area contributed by atoms with E-state index >= 15 is 0 Å². The molecule has 0 saturated carbocycles. The lowest BCUT2D eigenvalue weighted by atomic mass is 9.65. The zero-order valence-electron chi connectivity index (χ0n) is 11.3. The van der Waals surface area contributed by atoms with E-state index in [-0.39, 0.29) is 5.41 Å². The summed E-state index contributed by atoms with van der Waals surface area (Å²) >= 11 is 0. The lowest BCUT2D eigenvalue weighted by Gasteiger charge is -2.13. The average molecular weight is 233 g/mol. The van der Waals surface area contributed by atoms with E-state index in [1.807, 2.05) is 0 Å². The minimum absolute atomic E-state index is 0.149. The number of rotatable bonds is 0. The molecule has 3 aliphatic rings. The van der Waals surface area contributed by atoms with E-state index in [1.54, 1.807) is 0 Å².